The van der Waals surface area contributed by atoms with Crippen LogP contribution in [-0.4, -0.2) is 23.1 Å². The summed E-state index contributed by atoms with van der Waals surface area (Å²) < 4.78 is 0. The van der Waals surface area contributed by atoms with Crippen LogP contribution in [0.25, 0.3) is 0 Å². The van der Waals surface area contributed by atoms with E-state index in [1.54, 1.807) is 13.0 Å². The van der Waals surface area contributed by atoms with Crippen molar-refractivity contribution in [3.8, 4) is 0 Å². The SMILES string of the molecule is CC(O)c1ccc(N(CC2CC2)CC2CC2)c([N+](=O)[O-])c1. The first kappa shape index (κ1) is 14.3. The van der Waals surface area contributed by atoms with Gasteiger partial charge in [-0.1, -0.05) is 6.07 Å². The number of rotatable bonds is 7. The van der Waals surface area contributed by atoms with Crippen LogP contribution in [0.2, 0.25) is 0 Å². The Morgan fingerprint density at radius 2 is 1.86 bits per heavy atom. The minimum atomic E-state index is -0.682. The van der Waals surface area contributed by atoms with Crippen molar-refractivity contribution >= 4 is 11.4 Å². The summed E-state index contributed by atoms with van der Waals surface area (Å²) in [7, 11) is 0. The quantitative estimate of drug-likeness (QED) is 0.618. The fourth-order valence-corrected chi connectivity index (χ4v) is 2.71. The first-order chi connectivity index (χ1) is 10.0. The van der Waals surface area contributed by atoms with Crippen LogP contribution in [0.15, 0.2) is 18.2 Å². The highest BCUT2D eigenvalue weighted by Gasteiger charge is 2.32. The molecule has 0 radical (unpaired) electrons. The number of aliphatic hydroxyl groups excluding tert-OH is 1. The fourth-order valence-electron chi connectivity index (χ4n) is 2.71. The Bertz CT molecular complexity index is 522. The van der Waals surface area contributed by atoms with Gasteiger partial charge in [0.05, 0.1) is 11.0 Å². The maximum atomic E-state index is 11.4. The van der Waals surface area contributed by atoms with Crippen molar-refractivity contribution in [1.82, 2.24) is 0 Å². The lowest BCUT2D eigenvalue weighted by Gasteiger charge is -2.25. The molecule has 1 aromatic rings. The number of nitro groups is 1. The predicted octanol–water partition coefficient (Wildman–Crippen LogP) is 3.27. The number of hydrogen-bond acceptors (Lipinski definition) is 4. The van der Waals surface area contributed by atoms with Gasteiger partial charge in [-0.05, 0) is 56.1 Å². The van der Waals surface area contributed by atoms with Gasteiger partial charge in [-0.2, -0.15) is 0 Å². The molecular weight excluding hydrogens is 268 g/mol. The average molecular weight is 290 g/mol. The van der Waals surface area contributed by atoms with Crippen LogP contribution in [0.5, 0.6) is 0 Å². The second-order valence-corrected chi connectivity index (χ2v) is 6.47. The molecule has 0 aliphatic heterocycles. The largest absolute Gasteiger partial charge is 0.389 e. The molecule has 0 saturated heterocycles. The molecule has 1 unspecified atom stereocenters. The van der Waals surface area contributed by atoms with Crippen LogP contribution < -0.4 is 4.90 Å². The number of aliphatic hydroxyl groups is 1. The van der Waals surface area contributed by atoms with Crippen molar-refractivity contribution in [2.24, 2.45) is 11.8 Å². The van der Waals surface area contributed by atoms with Gasteiger partial charge in [0.15, 0.2) is 0 Å². The second kappa shape index (κ2) is 5.64. The molecule has 1 N–H and O–H groups in total. The molecule has 114 valence electrons. The molecule has 3 rings (SSSR count). The van der Waals surface area contributed by atoms with Crippen molar-refractivity contribution in [3.63, 3.8) is 0 Å². The summed E-state index contributed by atoms with van der Waals surface area (Å²) in [5, 5.41) is 21.0. The number of anilines is 1. The first-order valence-corrected chi connectivity index (χ1v) is 7.76. The molecule has 0 bridgehead atoms. The molecule has 2 saturated carbocycles. The number of hydrogen-bond donors (Lipinski definition) is 1. The van der Waals surface area contributed by atoms with Gasteiger partial charge in [0, 0.05) is 19.2 Å². The zero-order valence-corrected chi connectivity index (χ0v) is 12.4. The van der Waals surface area contributed by atoms with Crippen LogP contribution >= 0.6 is 0 Å². The molecule has 5 nitrogen and oxygen atoms in total. The second-order valence-electron chi connectivity index (χ2n) is 6.47. The third-order valence-electron chi connectivity index (χ3n) is 4.37. The van der Waals surface area contributed by atoms with Gasteiger partial charge in [-0.15, -0.1) is 0 Å². The Morgan fingerprint density at radius 3 is 2.29 bits per heavy atom. The third kappa shape index (κ3) is 3.53. The standard InChI is InChI=1S/C16H22N2O3/c1-11(19)14-6-7-15(16(8-14)18(20)21)17(9-12-2-3-12)10-13-4-5-13/h6-8,11-13,19H,2-5,9-10H2,1H3. The van der Waals surface area contributed by atoms with E-state index in [0.717, 1.165) is 13.1 Å². The lowest BCUT2D eigenvalue weighted by molar-refractivity contribution is -0.384. The van der Waals surface area contributed by atoms with Gasteiger partial charge in [0.1, 0.15) is 5.69 Å². The molecular formula is C16H22N2O3. The van der Waals surface area contributed by atoms with E-state index in [-0.39, 0.29) is 10.6 Å². The fraction of sp³-hybridized carbons (Fsp3) is 0.625. The predicted molar refractivity (Wildman–Crippen MR) is 81.4 cm³/mol. The summed E-state index contributed by atoms with van der Waals surface area (Å²) >= 11 is 0. The molecule has 0 amide bonds. The topological polar surface area (TPSA) is 66.6 Å². The maximum absolute atomic E-state index is 11.4. The Kier molecular flexibility index (Phi) is 3.85. The van der Waals surface area contributed by atoms with Gasteiger partial charge in [0.2, 0.25) is 0 Å². The summed E-state index contributed by atoms with van der Waals surface area (Å²) in [6, 6.07) is 5.14. The lowest BCUT2D eigenvalue weighted by Crippen LogP contribution is -2.28. The molecule has 0 aromatic heterocycles. The van der Waals surface area contributed by atoms with E-state index < -0.39 is 6.10 Å². The van der Waals surface area contributed by atoms with Crippen LogP contribution in [0.3, 0.4) is 0 Å². The Hall–Kier alpha value is -1.62. The minimum Gasteiger partial charge on any atom is -0.389 e. The van der Waals surface area contributed by atoms with Crippen LogP contribution in [0.1, 0.15) is 44.3 Å². The van der Waals surface area contributed by atoms with Crippen LogP contribution in [0.4, 0.5) is 11.4 Å². The lowest BCUT2D eigenvalue weighted by atomic mass is 10.1. The minimum absolute atomic E-state index is 0.120. The Balaban J connectivity index is 1.90. The van der Waals surface area contributed by atoms with E-state index in [1.165, 1.54) is 31.7 Å². The summed E-state index contributed by atoms with van der Waals surface area (Å²) in [6.07, 6.45) is 4.26. The van der Waals surface area contributed by atoms with Crippen molar-refractivity contribution in [2.75, 3.05) is 18.0 Å². The summed E-state index contributed by atoms with van der Waals surface area (Å²) in [4.78, 5) is 13.3. The highest BCUT2D eigenvalue weighted by Crippen LogP contribution is 2.39. The normalized spacial score (nSPS) is 19.3. The molecule has 0 spiro atoms. The molecule has 1 aromatic carbocycles. The summed E-state index contributed by atoms with van der Waals surface area (Å²) in [5.41, 5.74) is 1.43. The molecule has 21 heavy (non-hydrogen) atoms. The van der Waals surface area contributed by atoms with Crippen molar-refractivity contribution in [3.05, 3.63) is 33.9 Å². The molecule has 2 aliphatic carbocycles. The summed E-state index contributed by atoms with van der Waals surface area (Å²) in [5.74, 6) is 1.39. The van der Waals surface area contributed by atoms with Gasteiger partial charge < -0.3 is 10.0 Å². The third-order valence-corrected chi connectivity index (χ3v) is 4.37. The Morgan fingerprint density at radius 1 is 1.29 bits per heavy atom. The highest BCUT2D eigenvalue weighted by atomic mass is 16.6. The number of nitrogens with zero attached hydrogens (tertiary/aromatic N) is 2. The van der Waals surface area contributed by atoms with E-state index >= 15 is 0 Å². The van der Waals surface area contributed by atoms with E-state index in [1.807, 2.05) is 6.07 Å². The highest BCUT2D eigenvalue weighted by molar-refractivity contribution is 5.64. The maximum Gasteiger partial charge on any atom is 0.292 e. The van der Waals surface area contributed by atoms with E-state index in [0.29, 0.717) is 23.1 Å². The van der Waals surface area contributed by atoms with Crippen molar-refractivity contribution < 1.29 is 10.0 Å². The monoisotopic (exact) mass is 290 g/mol. The van der Waals surface area contributed by atoms with Crippen LogP contribution in [-0.2, 0) is 0 Å². The van der Waals surface area contributed by atoms with Gasteiger partial charge in [-0.25, -0.2) is 0 Å². The number of benzene rings is 1. The molecule has 2 fully saturated rings. The average Bonchev–Trinajstić information content (AvgIpc) is 3.32. The van der Waals surface area contributed by atoms with Gasteiger partial charge in [-0.3, -0.25) is 10.1 Å². The molecule has 1 atom stereocenters. The first-order valence-electron chi connectivity index (χ1n) is 7.76. The molecule has 5 heteroatoms. The van der Waals surface area contributed by atoms with E-state index in [2.05, 4.69) is 4.90 Å². The zero-order chi connectivity index (χ0) is 15.0. The number of nitro benzene ring substituents is 1. The van der Waals surface area contributed by atoms with Crippen molar-refractivity contribution in [1.29, 1.82) is 0 Å². The summed E-state index contributed by atoms with van der Waals surface area (Å²) in [6.45, 7) is 3.47. The smallest absolute Gasteiger partial charge is 0.292 e. The zero-order valence-electron chi connectivity index (χ0n) is 12.4. The Labute approximate surface area is 124 Å². The van der Waals surface area contributed by atoms with Gasteiger partial charge in [0.25, 0.3) is 5.69 Å². The van der Waals surface area contributed by atoms with E-state index in [9.17, 15) is 15.2 Å². The van der Waals surface area contributed by atoms with Crippen LogP contribution in [0, 0.1) is 22.0 Å². The van der Waals surface area contributed by atoms with Crippen molar-refractivity contribution in [2.45, 2.75) is 38.7 Å². The molecule has 0 heterocycles. The molecule has 2 aliphatic rings. The van der Waals surface area contributed by atoms with Gasteiger partial charge >= 0.3 is 0 Å². The van der Waals surface area contributed by atoms with E-state index in [4.69, 9.17) is 0 Å².